The zero-order valence-corrected chi connectivity index (χ0v) is 15.3. The first kappa shape index (κ1) is 16.8. The number of anilines is 1. The summed E-state index contributed by atoms with van der Waals surface area (Å²) < 4.78 is 15.0. The van der Waals surface area contributed by atoms with Gasteiger partial charge >= 0.3 is 0 Å². The molecule has 2 aromatic carbocycles. The molecule has 1 atom stereocenters. The first-order valence-electron chi connectivity index (χ1n) is 8.49. The third kappa shape index (κ3) is 2.22. The Morgan fingerprint density at radius 2 is 1.89 bits per heavy atom. The lowest BCUT2D eigenvalue weighted by molar-refractivity contribution is -0.118. The standard InChI is InChI=1S/C20H12Cl2FNO3/c21-9-3-4-10-12(7-9)11-5-6-13(22)15(23)17(11)24-16(10)14(19(26)20(24)27)18(25)8-1-2-8/h3-8,16,26H,1-2H2. The van der Waals surface area contributed by atoms with E-state index in [0.717, 1.165) is 17.7 Å². The third-order valence-electron chi connectivity index (χ3n) is 5.33. The van der Waals surface area contributed by atoms with Crippen LogP contribution in [0.25, 0.3) is 11.1 Å². The van der Waals surface area contributed by atoms with E-state index in [9.17, 15) is 19.1 Å². The number of Topliss-reactive ketones (excluding diaryl/α,β-unsaturated/α-hetero) is 1. The fourth-order valence-electron chi connectivity index (χ4n) is 3.94. The van der Waals surface area contributed by atoms with Gasteiger partial charge in [-0.1, -0.05) is 35.3 Å². The van der Waals surface area contributed by atoms with Gasteiger partial charge < -0.3 is 5.11 Å². The van der Waals surface area contributed by atoms with Crippen LogP contribution in [0.4, 0.5) is 10.1 Å². The smallest absolute Gasteiger partial charge is 0.294 e. The number of hydrogen-bond donors (Lipinski definition) is 1. The molecule has 0 saturated heterocycles. The molecule has 2 aromatic rings. The van der Waals surface area contributed by atoms with Crippen LogP contribution < -0.4 is 4.90 Å². The van der Waals surface area contributed by atoms with Crippen molar-refractivity contribution < 1.29 is 19.1 Å². The quantitative estimate of drug-likeness (QED) is 0.767. The summed E-state index contributed by atoms with van der Waals surface area (Å²) in [5.74, 6) is -2.65. The lowest BCUT2D eigenvalue weighted by Crippen LogP contribution is -2.35. The highest BCUT2D eigenvalue weighted by Gasteiger charge is 2.51. The fraction of sp³-hybridized carbons (Fsp3) is 0.200. The number of benzene rings is 2. The summed E-state index contributed by atoms with van der Waals surface area (Å²) in [6.07, 6.45) is 1.45. The van der Waals surface area contributed by atoms with Crippen LogP contribution in [-0.4, -0.2) is 16.8 Å². The summed E-state index contributed by atoms with van der Waals surface area (Å²) in [5.41, 5.74) is 1.65. The SMILES string of the molecule is O=C(C1=C(O)C(=O)N2c3c(ccc(Cl)c3F)-c3cc(Cl)ccc3C12)C1CC1. The van der Waals surface area contributed by atoms with Gasteiger partial charge in [-0.2, -0.15) is 0 Å². The van der Waals surface area contributed by atoms with Gasteiger partial charge in [0.1, 0.15) is 0 Å². The molecule has 1 fully saturated rings. The van der Waals surface area contributed by atoms with Crippen molar-refractivity contribution in [2.24, 2.45) is 5.92 Å². The highest BCUT2D eigenvalue weighted by atomic mass is 35.5. The maximum atomic E-state index is 15.0. The van der Waals surface area contributed by atoms with Gasteiger partial charge in [-0.25, -0.2) is 4.39 Å². The minimum atomic E-state index is -0.890. The van der Waals surface area contributed by atoms with Crippen molar-refractivity contribution in [3.63, 3.8) is 0 Å². The summed E-state index contributed by atoms with van der Waals surface area (Å²) in [5, 5.41) is 10.8. The molecular formula is C20H12Cl2FNO3. The van der Waals surface area contributed by atoms with Crippen molar-refractivity contribution in [2.45, 2.75) is 18.9 Å². The molecule has 5 rings (SSSR count). The molecule has 4 nitrogen and oxygen atoms in total. The average molecular weight is 404 g/mol. The van der Waals surface area contributed by atoms with Gasteiger partial charge in [0, 0.05) is 16.5 Å². The first-order chi connectivity index (χ1) is 12.9. The molecule has 136 valence electrons. The molecule has 1 unspecified atom stereocenters. The number of aliphatic hydroxyl groups is 1. The molecule has 0 aromatic heterocycles. The molecule has 0 radical (unpaired) electrons. The van der Waals surface area contributed by atoms with Crippen molar-refractivity contribution in [2.75, 3.05) is 4.90 Å². The number of nitrogens with zero attached hydrogens (tertiary/aromatic N) is 1. The number of aliphatic hydroxyl groups excluding tert-OH is 1. The van der Waals surface area contributed by atoms with Crippen molar-refractivity contribution in [1.82, 2.24) is 0 Å². The topological polar surface area (TPSA) is 57.6 Å². The number of carbonyl (C=O) groups excluding carboxylic acids is 2. The van der Waals surface area contributed by atoms with Gasteiger partial charge in [-0.3, -0.25) is 14.5 Å². The monoisotopic (exact) mass is 403 g/mol. The minimum absolute atomic E-state index is 0.0242. The number of hydrogen-bond acceptors (Lipinski definition) is 3. The molecule has 27 heavy (non-hydrogen) atoms. The number of rotatable bonds is 2. The normalized spacial score (nSPS) is 20.5. The summed E-state index contributed by atoms with van der Waals surface area (Å²) in [6, 6.07) is 7.14. The van der Waals surface area contributed by atoms with Gasteiger partial charge in [0.15, 0.2) is 17.4 Å². The van der Waals surface area contributed by atoms with E-state index in [-0.39, 0.29) is 28.0 Å². The Labute approximate surface area is 163 Å². The van der Waals surface area contributed by atoms with Crippen LogP contribution in [-0.2, 0) is 9.59 Å². The van der Waals surface area contributed by atoms with E-state index in [4.69, 9.17) is 23.2 Å². The van der Waals surface area contributed by atoms with Crippen molar-refractivity contribution in [3.8, 4) is 11.1 Å². The Morgan fingerprint density at radius 3 is 2.59 bits per heavy atom. The van der Waals surface area contributed by atoms with Gasteiger partial charge in [0.25, 0.3) is 5.91 Å². The van der Waals surface area contributed by atoms with Crippen molar-refractivity contribution in [3.05, 3.63) is 63.1 Å². The van der Waals surface area contributed by atoms with E-state index < -0.39 is 23.5 Å². The van der Waals surface area contributed by atoms with Crippen LogP contribution in [0.1, 0.15) is 24.4 Å². The summed E-state index contributed by atoms with van der Waals surface area (Å²) in [4.78, 5) is 26.8. The van der Waals surface area contributed by atoms with Gasteiger partial charge in [0.2, 0.25) is 0 Å². The molecule has 2 aliphatic heterocycles. The molecule has 1 N–H and O–H groups in total. The minimum Gasteiger partial charge on any atom is -0.503 e. The largest absolute Gasteiger partial charge is 0.503 e. The Morgan fingerprint density at radius 1 is 1.15 bits per heavy atom. The third-order valence-corrected chi connectivity index (χ3v) is 5.86. The Balaban J connectivity index is 1.83. The number of halogens is 3. The number of ketones is 1. The number of carbonyl (C=O) groups is 2. The summed E-state index contributed by atoms with van der Waals surface area (Å²) >= 11 is 12.1. The van der Waals surface area contributed by atoms with Crippen molar-refractivity contribution in [1.29, 1.82) is 0 Å². The molecule has 1 aliphatic carbocycles. The first-order valence-corrected chi connectivity index (χ1v) is 9.24. The second kappa shape index (κ2) is 5.57. The van der Waals surface area contributed by atoms with Gasteiger partial charge in [0.05, 0.1) is 22.3 Å². The molecule has 1 amide bonds. The molecule has 7 heteroatoms. The maximum absolute atomic E-state index is 15.0. The average Bonchev–Trinajstić information content (AvgIpc) is 3.45. The highest BCUT2D eigenvalue weighted by Crippen LogP contribution is 2.54. The lowest BCUT2D eigenvalue weighted by Gasteiger charge is -2.35. The molecule has 2 heterocycles. The van der Waals surface area contributed by atoms with E-state index in [0.29, 0.717) is 21.7 Å². The van der Waals surface area contributed by atoms with E-state index in [1.165, 1.54) is 6.07 Å². The number of fused-ring (bicyclic) bond motifs is 6. The second-order valence-corrected chi connectivity index (χ2v) is 7.81. The molecule has 0 bridgehead atoms. The predicted octanol–water partition coefficient (Wildman–Crippen LogP) is 4.99. The molecular weight excluding hydrogens is 392 g/mol. The zero-order chi connectivity index (χ0) is 19.0. The Kier molecular flexibility index (Phi) is 3.46. The molecule has 1 saturated carbocycles. The van der Waals surface area contributed by atoms with E-state index in [1.54, 1.807) is 24.3 Å². The lowest BCUT2D eigenvalue weighted by atomic mass is 9.84. The molecule has 3 aliphatic rings. The molecule has 0 spiro atoms. The second-order valence-electron chi connectivity index (χ2n) is 6.97. The van der Waals surface area contributed by atoms with Crippen LogP contribution >= 0.6 is 23.2 Å². The van der Waals surface area contributed by atoms with E-state index in [2.05, 4.69) is 0 Å². The zero-order valence-electron chi connectivity index (χ0n) is 13.8. The van der Waals surface area contributed by atoms with Crippen LogP contribution in [0.3, 0.4) is 0 Å². The Hall–Kier alpha value is -2.37. The van der Waals surface area contributed by atoms with Crippen LogP contribution in [0.5, 0.6) is 0 Å². The predicted molar refractivity (Wildman–Crippen MR) is 99.5 cm³/mol. The number of amides is 1. The van der Waals surface area contributed by atoms with E-state index in [1.807, 2.05) is 0 Å². The van der Waals surface area contributed by atoms with Crippen LogP contribution in [0, 0.1) is 11.7 Å². The summed E-state index contributed by atoms with van der Waals surface area (Å²) in [6.45, 7) is 0. The Bertz CT molecular complexity index is 1090. The van der Waals surface area contributed by atoms with Crippen LogP contribution in [0.15, 0.2) is 41.7 Å². The maximum Gasteiger partial charge on any atom is 0.294 e. The van der Waals surface area contributed by atoms with E-state index >= 15 is 0 Å². The van der Waals surface area contributed by atoms with Gasteiger partial charge in [-0.15, -0.1) is 0 Å². The van der Waals surface area contributed by atoms with Crippen molar-refractivity contribution >= 4 is 40.6 Å². The highest BCUT2D eigenvalue weighted by molar-refractivity contribution is 6.32. The fourth-order valence-corrected chi connectivity index (χ4v) is 4.26. The van der Waals surface area contributed by atoms with Gasteiger partial charge in [-0.05, 0) is 42.2 Å². The van der Waals surface area contributed by atoms with Crippen LogP contribution in [0.2, 0.25) is 10.0 Å². The summed E-state index contributed by atoms with van der Waals surface area (Å²) in [7, 11) is 0.